The highest BCUT2D eigenvalue weighted by atomic mass is 33.1. The van der Waals surface area contributed by atoms with Crippen molar-refractivity contribution in [3.8, 4) is 0 Å². The summed E-state index contributed by atoms with van der Waals surface area (Å²) >= 11 is 3.74. The summed E-state index contributed by atoms with van der Waals surface area (Å²) in [5.74, 6) is 0. The minimum Gasteiger partial charge on any atom is -0.206 e. The zero-order valence-electron chi connectivity index (χ0n) is 7.39. The van der Waals surface area contributed by atoms with Crippen molar-refractivity contribution in [2.75, 3.05) is 0 Å². The van der Waals surface area contributed by atoms with Crippen molar-refractivity contribution in [1.29, 1.82) is 0 Å². The van der Waals surface area contributed by atoms with Gasteiger partial charge in [-0.2, -0.15) is 4.83 Å². The SMILES string of the molecule is Cc1ccc(S(=O)(=O)NNSS)cc1. The molecule has 14 heavy (non-hydrogen) atoms. The van der Waals surface area contributed by atoms with Crippen LogP contribution in [0.2, 0.25) is 0 Å². The summed E-state index contributed by atoms with van der Waals surface area (Å²) in [6, 6.07) is 6.57. The molecule has 0 saturated carbocycles. The van der Waals surface area contributed by atoms with Gasteiger partial charge in [0.15, 0.2) is 0 Å². The van der Waals surface area contributed by atoms with E-state index in [4.69, 9.17) is 0 Å². The van der Waals surface area contributed by atoms with Crippen molar-refractivity contribution in [1.82, 2.24) is 9.66 Å². The zero-order valence-corrected chi connectivity index (χ0v) is 9.92. The Balaban J connectivity index is 2.87. The maximum atomic E-state index is 11.5. The summed E-state index contributed by atoms with van der Waals surface area (Å²) < 4.78 is 23.0. The number of aryl methyl sites for hydroxylation is 1. The molecule has 0 bridgehead atoms. The molecule has 0 saturated heterocycles. The molecule has 0 heterocycles. The lowest BCUT2D eigenvalue weighted by Crippen LogP contribution is -2.31. The number of thiol groups is 1. The summed E-state index contributed by atoms with van der Waals surface area (Å²) in [6.45, 7) is 1.89. The number of sulfonamides is 1. The van der Waals surface area contributed by atoms with Crippen molar-refractivity contribution < 1.29 is 8.42 Å². The van der Waals surface area contributed by atoms with E-state index in [2.05, 4.69) is 21.3 Å². The van der Waals surface area contributed by atoms with Crippen LogP contribution in [0, 0.1) is 6.92 Å². The van der Waals surface area contributed by atoms with Gasteiger partial charge in [-0.05, 0) is 19.1 Å². The van der Waals surface area contributed by atoms with E-state index in [0.29, 0.717) is 0 Å². The highest BCUT2D eigenvalue weighted by Gasteiger charge is 2.11. The standard InChI is InChI=1S/C7H10N2O2S3/c1-6-2-4-7(5-3-6)14(10,11)9-8-13-12/h2-5,8-9,12H,1H3. The van der Waals surface area contributed by atoms with Gasteiger partial charge in [0, 0.05) is 11.0 Å². The molecule has 0 spiro atoms. The number of rotatable bonds is 4. The van der Waals surface area contributed by atoms with Gasteiger partial charge in [-0.25, -0.2) is 8.42 Å². The number of hydrazine groups is 1. The predicted octanol–water partition coefficient (Wildman–Crippen LogP) is 1.27. The first kappa shape index (κ1) is 11.9. The lowest BCUT2D eigenvalue weighted by atomic mass is 10.2. The molecule has 1 rings (SSSR count). The monoisotopic (exact) mass is 250 g/mol. The van der Waals surface area contributed by atoms with E-state index in [1.807, 2.05) is 6.92 Å². The van der Waals surface area contributed by atoms with Crippen LogP contribution in [0.1, 0.15) is 5.56 Å². The van der Waals surface area contributed by atoms with E-state index in [1.54, 1.807) is 24.3 Å². The molecular weight excluding hydrogens is 240 g/mol. The van der Waals surface area contributed by atoms with Gasteiger partial charge in [0.05, 0.1) is 4.90 Å². The Hall–Kier alpha value is -0.210. The van der Waals surface area contributed by atoms with E-state index >= 15 is 0 Å². The Morgan fingerprint density at radius 3 is 2.36 bits per heavy atom. The van der Waals surface area contributed by atoms with Crippen LogP contribution in [0.3, 0.4) is 0 Å². The van der Waals surface area contributed by atoms with E-state index in [9.17, 15) is 8.42 Å². The Kier molecular flexibility index (Phi) is 4.27. The highest BCUT2D eigenvalue weighted by molar-refractivity contribution is 8.67. The molecule has 78 valence electrons. The molecule has 0 aliphatic carbocycles. The third-order valence-corrected chi connectivity index (χ3v) is 3.41. The molecule has 0 aliphatic rings. The number of nitrogens with one attached hydrogen (secondary N) is 2. The summed E-state index contributed by atoms with van der Waals surface area (Å²) in [6.07, 6.45) is 0. The summed E-state index contributed by atoms with van der Waals surface area (Å²) in [5, 5.41) is 0. The Bertz CT molecular complexity index is 388. The molecule has 1 aromatic carbocycles. The third-order valence-electron chi connectivity index (χ3n) is 1.55. The van der Waals surface area contributed by atoms with Gasteiger partial charge in [0.25, 0.3) is 10.0 Å². The van der Waals surface area contributed by atoms with Crippen molar-refractivity contribution in [3.05, 3.63) is 29.8 Å². The molecule has 0 unspecified atom stereocenters. The van der Waals surface area contributed by atoms with Gasteiger partial charge in [0.2, 0.25) is 0 Å². The first-order chi connectivity index (χ1) is 6.56. The average molecular weight is 250 g/mol. The van der Waals surface area contributed by atoms with Crippen LogP contribution in [-0.4, -0.2) is 8.42 Å². The second-order valence-corrected chi connectivity index (χ2v) is 5.23. The molecule has 0 radical (unpaired) electrons. The molecule has 1 aromatic rings. The van der Waals surface area contributed by atoms with Crippen molar-refractivity contribution in [3.63, 3.8) is 0 Å². The molecule has 0 amide bonds. The van der Waals surface area contributed by atoms with Crippen molar-refractivity contribution >= 4 is 32.7 Å². The fraction of sp³-hybridized carbons (Fsp3) is 0.143. The molecule has 0 atom stereocenters. The zero-order chi connectivity index (χ0) is 10.6. The van der Waals surface area contributed by atoms with Crippen LogP contribution in [0.25, 0.3) is 0 Å². The van der Waals surface area contributed by atoms with Crippen LogP contribution in [0.5, 0.6) is 0 Å². The van der Waals surface area contributed by atoms with Crippen LogP contribution in [0.4, 0.5) is 0 Å². The molecule has 0 aromatic heterocycles. The van der Waals surface area contributed by atoms with E-state index in [0.717, 1.165) is 16.5 Å². The third kappa shape index (κ3) is 3.18. The molecule has 4 nitrogen and oxygen atoms in total. The van der Waals surface area contributed by atoms with Crippen LogP contribution >= 0.6 is 22.6 Å². The fourth-order valence-electron chi connectivity index (χ4n) is 0.850. The molecule has 2 N–H and O–H groups in total. The number of hydrogen-bond acceptors (Lipinski definition) is 5. The lowest BCUT2D eigenvalue weighted by Gasteiger charge is -2.05. The minimum absolute atomic E-state index is 0.220. The van der Waals surface area contributed by atoms with Gasteiger partial charge < -0.3 is 0 Å². The van der Waals surface area contributed by atoms with Gasteiger partial charge in [-0.1, -0.05) is 29.4 Å². The van der Waals surface area contributed by atoms with Gasteiger partial charge in [0.1, 0.15) is 0 Å². The Morgan fingerprint density at radius 1 is 1.29 bits per heavy atom. The molecule has 0 aliphatic heterocycles. The van der Waals surface area contributed by atoms with Crippen molar-refractivity contribution in [2.24, 2.45) is 0 Å². The molecular formula is C7H10N2O2S3. The summed E-state index contributed by atoms with van der Waals surface area (Å²) in [5.41, 5.74) is 1.01. The van der Waals surface area contributed by atoms with E-state index in [-0.39, 0.29) is 4.90 Å². The largest absolute Gasteiger partial charge is 0.254 e. The van der Waals surface area contributed by atoms with Crippen LogP contribution < -0.4 is 9.66 Å². The predicted molar refractivity (Wildman–Crippen MR) is 61.2 cm³/mol. The Morgan fingerprint density at radius 2 is 1.86 bits per heavy atom. The molecule has 7 heteroatoms. The lowest BCUT2D eigenvalue weighted by molar-refractivity contribution is 0.580. The highest BCUT2D eigenvalue weighted by Crippen LogP contribution is 2.09. The first-order valence-electron chi connectivity index (χ1n) is 3.70. The van der Waals surface area contributed by atoms with Crippen molar-refractivity contribution in [2.45, 2.75) is 11.8 Å². The maximum absolute atomic E-state index is 11.5. The average Bonchev–Trinajstić information content (AvgIpc) is 2.16. The van der Waals surface area contributed by atoms with E-state index in [1.165, 1.54) is 0 Å². The van der Waals surface area contributed by atoms with Gasteiger partial charge in [-0.15, -0.1) is 4.83 Å². The normalized spacial score (nSPS) is 11.6. The number of benzene rings is 1. The molecule has 0 fully saturated rings. The summed E-state index contributed by atoms with van der Waals surface area (Å²) in [7, 11) is -2.59. The van der Waals surface area contributed by atoms with Crippen LogP contribution in [-0.2, 0) is 10.0 Å². The topological polar surface area (TPSA) is 58.2 Å². The second-order valence-electron chi connectivity index (χ2n) is 2.61. The first-order valence-corrected chi connectivity index (χ1v) is 7.05. The van der Waals surface area contributed by atoms with E-state index < -0.39 is 10.0 Å². The fourth-order valence-corrected chi connectivity index (χ4v) is 2.39. The number of hydrogen-bond donors (Lipinski definition) is 3. The second kappa shape index (κ2) is 5.04. The maximum Gasteiger partial charge on any atom is 0.254 e. The Labute approximate surface area is 92.4 Å². The van der Waals surface area contributed by atoms with Crippen LogP contribution in [0.15, 0.2) is 29.2 Å². The van der Waals surface area contributed by atoms with Gasteiger partial charge in [-0.3, -0.25) is 0 Å². The smallest absolute Gasteiger partial charge is 0.206 e. The summed E-state index contributed by atoms with van der Waals surface area (Å²) in [4.78, 5) is 4.72. The quantitative estimate of drug-likeness (QED) is 0.326. The van der Waals surface area contributed by atoms with Gasteiger partial charge >= 0.3 is 0 Å². The minimum atomic E-state index is -3.47.